The summed E-state index contributed by atoms with van der Waals surface area (Å²) in [6, 6.07) is 9.68. The smallest absolute Gasteiger partial charge is 0.252 e. The molecule has 1 aromatic heterocycles. The Morgan fingerprint density at radius 2 is 1.77 bits per heavy atom. The van der Waals surface area contributed by atoms with Crippen molar-refractivity contribution in [1.82, 2.24) is 25.9 Å². The Hall–Kier alpha value is -4.27. The first kappa shape index (κ1) is 37.8. The number of terminal acetylenes is 1. The molecule has 0 bridgehead atoms. The van der Waals surface area contributed by atoms with Gasteiger partial charge in [-0.1, -0.05) is 50.1 Å². The molecule has 2 aliphatic heterocycles. The van der Waals surface area contributed by atoms with E-state index in [1.165, 1.54) is 30.0 Å². The maximum Gasteiger partial charge on any atom is 0.252 e. The normalized spacial score (nSPS) is 21.8. The standard InChI is InChI=1S/C13H13N3O.C12H19N3O2.C4H8.C2H2.CH4O.CH2O/c17-12-5-7-14-13(15-12)16-8-6-10-3-1-2-4-11(10)9-16;1-3-8-7-12(8,11(17)13-2)15-10(16)9-5-4-6-14-9;1-4-2-3-4;3*1-2/h1-5,7H,6,8-9H2,(H,14,15,17);3,8-9,14H,1,4-7H2,2H3,(H,13,17)(H,15,16);4H,2-3H2,1H3;1-2H;2H,1H3;1H2/t;8?,9-,12?;;;;/m.0..../s1. The van der Waals surface area contributed by atoms with Crippen molar-refractivity contribution < 1.29 is 19.5 Å². The zero-order valence-electron chi connectivity index (χ0n) is 26.2. The number of aromatic amines is 1. The first-order valence-electron chi connectivity index (χ1n) is 14.7. The fraction of sp³-hybridized carbons (Fsp3) is 0.485. The second-order valence-electron chi connectivity index (χ2n) is 10.6. The Labute approximate surface area is 260 Å². The number of nitrogens with one attached hydrogen (secondary N) is 4. The number of nitrogens with zero attached hydrogens (tertiary/aromatic N) is 2. The van der Waals surface area contributed by atoms with Crippen molar-refractivity contribution in [2.24, 2.45) is 11.8 Å². The highest BCUT2D eigenvalue weighted by atomic mass is 16.2. The minimum Gasteiger partial charge on any atom is -0.400 e. The van der Waals surface area contributed by atoms with Gasteiger partial charge in [0.1, 0.15) is 12.3 Å². The Morgan fingerprint density at radius 1 is 1.14 bits per heavy atom. The molecule has 1 aromatic carbocycles. The topological polar surface area (TPSA) is 157 Å². The van der Waals surface area contributed by atoms with E-state index in [0.29, 0.717) is 12.4 Å². The van der Waals surface area contributed by atoms with Gasteiger partial charge < -0.3 is 30.8 Å². The summed E-state index contributed by atoms with van der Waals surface area (Å²) >= 11 is 0. The number of amides is 2. The Balaban J connectivity index is 0.000000339. The van der Waals surface area contributed by atoms with Gasteiger partial charge in [0, 0.05) is 45.4 Å². The molecule has 2 unspecified atom stereocenters. The maximum absolute atomic E-state index is 12.0. The van der Waals surface area contributed by atoms with Gasteiger partial charge in [-0.05, 0) is 49.3 Å². The number of aliphatic hydroxyl groups excluding tert-OH is 1. The van der Waals surface area contributed by atoms with Crippen LogP contribution in [0.5, 0.6) is 0 Å². The predicted molar refractivity (Wildman–Crippen MR) is 174 cm³/mol. The van der Waals surface area contributed by atoms with Crippen LogP contribution in [0.1, 0.15) is 50.2 Å². The molecule has 11 nitrogen and oxygen atoms in total. The van der Waals surface area contributed by atoms with Crippen molar-refractivity contribution in [3.63, 3.8) is 0 Å². The highest BCUT2D eigenvalue weighted by molar-refractivity contribution is 5.96. The van der Waals surface area contributed by atoms with Crippen molar-refractivity contribution in [3.05, 3.63) is 70.7 Å². The van der Waals surface area contributed by atoms with Crippen LogP contribution in [0.15, 0.2) is 54.0 Å². The Bertz CT molecular complexity index is 1250. The fourth-order valence-corrected chi connectivity index (χ4v) is 4.84. The van der Waals surface area contributed by atoms with Crippen molar-refractivity contribution in [2.45, 2.75) is 63.6 Å². The lowest BCUT2D eigenvalue weighted by atomic mass is 10.0. The second kappa shape index (κ2) is 19.8. The molecule has 6 rings (SSSR count). The molecule has 44 heavy (non-hydrogen) atoms. The molecule has 2 saturated carbocycles. The van der Waals surface area contributed by atoms with Gasteiger partial charge in [-0.15, -0.1) is 19.4 Å². The van der Waals surface area contributed by atoms with Crippen LogP contribution in [-0.4, -0.2) is 72.5 Å². The zero-order chi connectivity index (χ0) is 33.1. The summed E-state index contributed by atoms with van der Waals surface area (Å²) in [6.07, 6.45) is 17.8. The number of likely N-dealkylation sites (N-methyl/N-ethyl adjacent to an activating group) is 1. The Kier molecular flexibility index (Phi) is 17.0. The quantitative estimate of drug-likeness (QED) is 0.255. The van der Waals surface area contributed by atoms with Crippen molar-refractivity contribution >= 4 is 24.6 Å². The summed E-state index contributed by atoms with van der Waals surface area (Å²) in [4.78, 5) is 52.1. The minimum absolute atomic E-state index is 0.0489. The largest absolute Gasteiger partial charge is 0.400 e. The van der Waals surface area contributed by atoms with Crippen LogP contribution in [0.3, 0.4) is 0 Å². The highest BCUT2D eigenvalue weighted by Gasteiger charge is 2.59. The van der Waals surface area contributed by atoms with Gasteiger partial charge >= 0.3 is 0 Å². The van der Waals surface area contributed by atoms with Crippen LogP contribution in [-0.2, 0) is 27.3 Å². The summed E-state index contributed by atoms with van der Waals surface area (Å²) < 4.78 is 0. The molecule has 4 aliphatic rings. The molecular weight excluding hydrogens is 560 g/mol. The molecular formula is C33H48N6O5. The van der Waals surface area contributed by atoms with E-state index in [9.17, 15) is 14.4 Å². The van der Waals surface area contributed by atoms with E-state index >= 15 is 0 Å². The number of aromatic nitrogens is 2. The van der Waals surface area contributed by atoms with Crippen LogP contribution in [0.2, 0.25) is 0 Å². The first-order chi connectivity index (χ1) is 21.4. The number of rotatable bonds is 5. The summed E-state index contributed by atoms with van der Waals surface area (Å²) in [5.74, 6) is 1.59. The fourth-order valence-electron chi connectivity index (χ4n) is 4.84. The van der Waals surface area contributed by atoms with Gasteiger partial charge in [-0.3, -0.25) is 19.4 Å². The predicted octanol–water partition coefficient (Wildman–Crippen LogP) is 1.97. The van der Waals surface area contributed by atoms with E-state index in [1.807, 2.05) is 12.9 Å². The van der Waals surface area contributed by atoms with Crippen LogP contribution < -0.4 is 26.4 Å². The summed E-state index contributed by atoms with van der Waals surface area (Å²) in [6.45, 7) is 10.5. The van der Waals surface area contributed by atoms with Crippen LogP contribution in [0, 0.1) is 24.7 Å². The number of carbonyl (C=O) groups is 3. The molecule has 3 atom stereocenters. The van der Waals surface area contributed by atoms with Gasteiger partial charge in [0.25, 0.3) is 5.56 Å². The number of carbonyl (C=O) groups excluding carboxylic acids is 3. The summed E-state index contributed by atoms with van der Waals surface area (Å²) in [5.41, 5.74) is 1.85. The van der Waals surface area contributed by atoms with Crippen LogP contribution >= 0.6 is 0 Å². The molecule has 2 aliphatic carbocycles. The third kappa shape index (κ3) is 11.1. The van der Waals surface area contributed by atoms with Crippen molar-refractivity contribution in [3.8, 4) is 12.8 Å². The summed E-state index contributed by atoms with van der Waals surface area (Å²) in [5, 5.41) is 15.6. The number of aliphatic hydroxyl groups is 1. The molecule has 2 aromatic rings. The maximum atomic E-state index is 12.0. The van der Waals surface area contributed by atoms with Crippen molar-refractivity contribution in [1.29, 1.82) is 0 Å². The second-order valence-corrected chi connectivity index (χ2v) is 10.6. The number of benzene rings is 1. The number of hydrogen-bond donors (Lipinski definition) is 5. The number of fused-ring (bicyclic) bond motifs is 1. The molecule has 11 heteroatoms. The third-order valence-electron chi connectivity index (χ3n) is 7.61. The van der Waals surface area contributed by atoms with Gasteiger partial charge in [-0.2, -0.15) is 0 Å². The average molecular weight is 609 g/mol. The molecule has 0 radical (unpaired) electrons. The monoisotopic (exact) mass is 608 g/mol. The zero-order valence-corrected chi connectivity index (χ0v) is 26.2. The molecule has 1 saturated heterocycles. The number of hydrogen-bond acceptors (Lipinski definition) is 8. The van der Waals surface area contributed by atoms with Crippen LogP contribution in [0.25, 0.3) is 0 Å². The first-order valence-corrected chi connectivity index (χ1v) is 14.7. The van der Waals surface area contributed by atoms with Gasteiger partial charge in [0.05, 0.1) is 6.04 Å². The molecule has 0 spiro atoms. The van der Waals surface area contributed by atoms with E-state index in [2.05, 4.69) is 75.4 Å². The lowest BCUT2D eigenvalue weighted by Gasteiger charge is -2.28. The van der Waals surface area contributed by atoms with E-state index in [-0.39, 0.29) is 29.3 Å². The van der Waals surface area contributed by atoms with E-state index in [4.69, 9.17) is 9.90 Å². The molecule has 3 heterocycles. The van der Waals surface area contributed by atoms with Gasteiger partial charge in [0.2, 0.25) is 17.8 Å². The van der Waals surface area contributed by atoms with E-state index in [1.54, 1.807) is 19.3 Å². The Morgan fingerprint density at radius 3 is 2.27 bits per heavy atom. The third-order valence-corrected chi connectivity index (χ3v) is 7.61. The summed E-state index contributed by atoms with van der Waals surface area (Å²) in [7, 11) is 2.59. The minimum atomic E-state index is -0.752. The molecule has 2 amide bonds. The molecule has 5 N–H and O–H groups in total. The van der Waals surface area contributed by atoms with Gasteiger partial charge in [0.15, 0.2) is 0 Å². The van der Waals surface area contributed by atoms with Gasteiger partial charge in [-0.25, -0.2) is 4.98 Å². The molecule has 3 fully saturated rings. The number of H-pyrrole nitrogens is 1. The molecule has 240 valence electrons. The van der Waals surface area contributed by atoms with Crippen molar-refractivity contribution in [2.75, 3.05) is 32.1 Å². The highest BCUT2D eigenvalue weighted by Crippen LogP contribution is 2.44. The average Bonchev–Trinajstić information content (AvgIpc) is 3.96. The lowest BCUT2D eigenvalue weighted by molar-refractivity contribution is -0.130. The van der Waals surface area contributed by atoms with Crippen LogP contribution in [0.4, 0.5) is 5.95 Å². The lowest BCUT2D eigenvalue weighted by Crippen LogP contribution is -2.53. The number of anilines is 1. The van der Waals surface area contributed by atoms with E-state index in [0.717, 1.165) is 51.9 Å². The SMILES string of the molecule is C#C.C=CC1CC1(NC(=O)[C@@H]1CCCN1)C(=O)NC.C=O.CC1CC1.CO.O=c1ccnc(N2CCc3ccccc3C2)[nH]1. The van der Waals surface area contributed by atoms with E-state index < -0.39 is 5.54 Å².